The van der Waals surface area contributed by atoms with E-state index in [-0.39, 0.29) is 25.7 Å². The first-order valence-corrected chi connectivity index (χ1v) is 8.63. The Labute approximate surface area is 184 Å². The Morgan fingerprint density at radius 3 is 2.30 bits per heavy atom. The third-order valence-electron chi connectivity index (χ3n) is 3.92. The number of pyridine rings is 1. The Hall–Kier alpha value is -3.35. The van der Waals surface area contributed by atoms with Crippen molar-refractivity contribution in [2.45, 2.75) is 0 Å². The maximum atomic E-state index is 13.2. The van der Waals surface area contributed by atoms with Crippen molar-refractivity contribution < 1.29 is 28.9 Å². The first-order valence-electron chi connectivity index (χ1n) is 8.63. The molecule has 5 aromatic rings. The van der Waals surface area contributed by atoms with Gasteiger partial charge in [0.2, 0.25) is 0 Å². The molecule has 0 saturated heterocycles. The van der Waals surface area contributed by atoms with Crippen LogP contribution in [0.2, 0.25) is 0 Å². The molecule has 3 aromatic heterocycles. The van der Waals surface area contributed by atoms with Crippen molar-refractivity contribution in [3.63, 3.8) is 0 Å². The summed E-state index contributed by atoms with van der Waals surface area (Å²) in [6.07, 6.45) is 7.82. The van der Waals surface area contributed by atoms with Crippen molar-refractivity contribution in [1.82, 2.24) is 24.5 Å². The van der Waals surface area contributed by atoms with Crippen LogP contribution in [0.3, 0.4) is 0 Å². The molecule has 8 heteroatoms. The van der Waals surface area contributed by atoms with E-state index in [0.29, 0.717) is 11.6 Å². The number of hydrogen-bond acceptors (Lipinski definition) is 4. The molecular weight excluding hydrogens is 564 g/mol. The quantitative estimate of drug-likeness (QED) is 0.291. The summed E-state index contributed by atoms with van der Waals surface area (Å²) in [5, 5.41) is 0. The fourth-order valence-corrected chi connectivity index (χ4v) is 2.62. The molecule has 0 unspecified atom stereocenters. The van der Waals surface area contributed by atoms with Crippen LogP contribution in [0.15, 0.2) is 79.3 Å². The van der Waals surface area contributed by atoms with E-state index in [1.165, 1.54) is 0 Å². The van der Waals surface area contributed by atoms with E-state index < -0.39 is 11.6 Å². The van der Waals surface area contributed by atoms with Crippen LogP contribution in [0.4, 0.5) is 8.78 Å². The number of imidazole rings is 1. The zero-order valence-corrected chi connectivity index (χ0v) is 17.7. The molecule has 0 amide bonds. The second-order valence-corrected chi connectivity index (χ2v) is 5.84. The van der Waals surface area contributed by atoms with Gasteiger partial charge >= 0.3 is 0 Å². The second kappa shape index (κ2) is 9.91. The molecule has 2 aromatic carbocycles. The minimum atomic E-state index is -0.649. The Bertz CT molecular complexity index is 1230. The van der Waals surface area contributed by atoms with Gasteiger partial charge < -0.3 is 14.5 Å². The van der Waals surface area contributed by atoms with Gasteiger partial charge in [-0.25, -0.2) is 0 Å². The smallest absolute Gasteiger partial charge is 0.149 e. The summed E-state index contributed by atoms with van der Waals surface area (Å²) in [5.74, 6) is -0.697. The third-order valence-corrected chi connectivity index (χ3v) is 3.92. The maximum absolute atomic E-state index is 13.2. The molecule has 3 heterocycles. The van der Waals surface area contributed by atoms with Gasteiger partial charge in [-0.1, -0.05) is 48.0 Å². The van der Waals surface area contributed by atoms with Gasteiger partial charge in [-0.05, 0) is 28.9 Å². The van der Waals surface area contributed by atoms with Gasteiger partial charge in [0, 0.05) is 56.7 Å². The molecule has 5 nitrogen and oxygen atoms in total. The number of rotatable bonds is 2. The van der Waals surface area contributed by atoms with Crippen molar-refractivity contribution in [3.05, 3.63) is 103 Å². The van der Waals surface area contributed by atoms with Crippen LogP contribution in [-0.2, 0) is 20.1 Å². The molecule has 0 bridgehead atoms. The molecule has 0 aliphatic heterocycles. The van der Waals surface area contributed by atoms with Crippen LogP contribution in [0.5, 0.6) is 0 Å². The minimum absolute atomic E-state index is 0. The SMILES string of the molecule is Fc1c[c-]c(-c2ccccn2)c(F)c1.[Ir].[c-]1nc2ccccc2n1-c1ncccn1. The van der Waals surface area contributed by atoms with Gasteiger partial charge in [-0.2, -0.15) is 0 Å². The van der Waals surface area contributed by atoms with Gasteiger partial charge in [-0.3, -0.25) is 18.7 Å². The monoisotopic (exact) mass is 578 g/mol. The van der Waals surface area contributed by atoms with Crippen LogP contribution < -0.4 is 0 Å². The molecule has 0 N–H and O–H groups in total. The number of halogens is 2. The topological polar surface area (TPSA) is 56.5 Å². The average Bonchev–Trinajstić information content (AvgIpc) is 3.20. The van der Waals surface area contributed by atoms with Gasteiger partial charge in [-0.15, -0.1) is 12.1 Å². The maximum Gasteiger partial charge on any atom is 0.149 e. The number of fused-ring (bicyclic) bond motifs is 1. The summed E-state index contributed by atoms with van der Waals surface area (Å²) >= 11 is 0. The number of benzene rings is 2. The summed E-state index contributed by atoms with van der Waals surface area (Å²) in [7, 11) is 0. The molecule has 30 heavy (non-hydrogen) atoms. The van der Waals surface area contributed by atoms with Gasteiger partial charge in [0.1, 0.15) is 5.95 Å². The first kappa shape index (κ1) is 21.4. The van der Waals surface area contributed by atoms with Gasteiger partial charge in [0.05, 0.1) is 0 Å². The summed E-state index contributed by atoms with van der Waals surface area (Å²) in [4.78, 5) is 16.4. The standard InChI is InChI=1S/C11H6F2N.C11H7N4.Ir/c12-8-4-5-9(10(13)7-8)11-3-1-2-6-14-11;1-2-5-10-9(4-1)14-8-15(10)11-12-6-3-7-13-11;/h1-4,6-7H;1-7H;/q2*-1;. The van der Waals surface area contributed by atoms with Crippen molar-refractivity contribution in [2.24, 2.45) is 0 Å². The van der Waals surface area contributed by atoms with Crippen molar-refractivity contribution in [3.8, 4) is 17.2 Å². The summed E-state index contributed by atoms with van der Waals surface area (Å²) in [6, 6.07) is 19.1. The van der Waals surface area contributed by atoms with Crippen molar-refractivity contribution in [1.29, 1.82) is 0 Å². The predicted octanol–water partition coefficient (Wildman–Crippen LogP) is 4.44. The molecular formula is C22H13F2IrN5-2. The zero-order valence-electron chi connectivity index (χ0n) is 15.3. The molecule has 0 saturated carbocycles. The summed E-state index contributed by atoms with van der Waals surface area (Å²) in [6.45, 7) is 0. The molecule has 0 aliphatic carbocycles. The Kier molecular flexibility index (Phi) is 7.06. The van der Waals surface area contributed by atoms with Gasteiger partial charge in [0.25, 0.3) is 0 Å². The Balaban J connectivity index is 0.000000166. The van der Waals surface area contributed by atoms with Crippen LogP contribution >= 0.6 is 0 Å². The molecule has 1 radical (unpaired) electrons. The van der Waals surface area contributed by atoms with Crippen LogP contribution in [0.1, 0.15) is 0 Å². The number of para-hydroxylation sites is 2. The van der Waals surface area contributed by atoms with E-state index in [0.717, 1.165) is 23.2 Å². The van der Waals surface area contributed by atoms with E-state index in [1.54, 1.807) is 47.4 Å². The molecule has 0 fully saturated rings. The molecule has 0 atom stereocenters. The number of aromatic nitrogens is 5. The molecule has 5 rings (SSSR count). The van der Waals surface area contributed by atoms with Crippen molar-refractivity contribution in [2.75, 3.05) is 0 Å². The van der Waals surface area contributed by atoms with Gasteiger partial charge in [0.15, 0.2) is 0 Å². The Morgan fingerprint density at radius 1 is 0.833 bits per heavy atom. The second-order valence-electron chi connectivity index (χ2n) is 5.84. The van der Waals surface area contributed by atoms with E-state index in [4.69, 9.17) is 0 Å². The summed E-state index contributed by atoms with van der Waals surface area (Å²) < 4.78 is 27.5. The third kappa shape index (κ3) is 4.79. The predicted molar refractivity (Wildman–Crippen MR) is 104 cm³/mol. The molecule has 0 spiro atoms. The molecule has 0 aliphatic rings. The average molecular weight is 578 g/mol. The first-order chi connectivity index (χ1) is 14.2. The van der Waals surface area contributed by atoms with E-state index in [1.807, 2.05) is 24.3 Å². The summed E-state index contributed by atoms with van der Waals surface area (Å²) in [5.41, 5.74) is 2.49. The normalized spacial score (nSPS) is 10.1. The largest absolute Gasteiger partial charge is 0.396 e. The number of hydrogen-bond donors (Lipinski definition) is 0. The Morgan fingerprint density at radius 2 is 1.57 bits per heavy atom. The van der Waals surface area contributed by atoms with Crippen LogP contribution in [-0.4, -0.2) is 24.5 Å². The van der Waals surface area contributed by atoms with Crippen LogP contribution in [0.25, 0.3) is 28.2 Å². The van der Waals surface area contributed by atoms with E-state index >= 15 is 0 Å². The fraction of sp³-hybridized carbons (Fsp3) is 0. The van der Waals surface area contributed by atoms with Crippen molar-refractivity contribution >= 4 is 11.0 Å². The van der Waals surface area contributed by atoms with E-state index in [2.05, 4.69) is 32.3 Å². The van der Waals surface area contributed by atoms with Crippen LogP contribution in [0, 0.1) is 24.0 Å². The molecule has 151 valence electrons. The fourth-order valence-electron chi connectivity index (χ4n) is 2.62. The number of nitrogens with zero attached hydrogens (tertiary/aromatic N) is 5. The zero-order chi connectivity index (χ0) is 20.1. The minimum Gasteiger partial charge on any atom is -0.396 e. The van der Waals surface area contributed by atoms with E-state index in [9.17, 15) is 8.78 Å².